The first-order valence-corrected chi connectivity index (χ1v) is 11.0. The molecular formula is C18H37O4P. The van der Waals surface area contributed by atoms with Crippen molar-refractivity contribution in [3.63, 3.8) is 0 Å². The molecule has 0 unspecified atom stereocenters. The van der Waals surface area contributed by atoms with Crippen LogP contribution in [0.5, 0.6) is 0 Å². The molecule has 0 radical (unpaired) electrons. The Labute approximate surface area is 143 Å². The summed E-state index contributed by atoms with van der Waals surface area (Å²) in [5.74, 6) is 0.474. The van der Waals surface area contributed by atoms with Gasteiger partial charge in [-0.25, -0.2) is 4.57 Å². The van der Waals surface area contributed by atoms with Gasteiger partial charge >= 0.3 is 7.82 Å². The Balaban J connectivity index is 3.98. The zero-order chi connectivity index (χ0) is 17.4. The van der Waals surface area contributed by atoms with E-state index in [1.165, 1.54) is 57.8 Å². The fourth-order valence-electron chi connectivity index (χ4n) is 2.60. The van der Waals surface area contributed by atoms with Gasteiger partial charge in [0, 0.05) is 6.42 Å². The van der Waals surface area contributed by atoms with Gasteiger partial charge in [-0.15, -0.1) is 0 Å². The van der Waals surface area contributed by atoms with E-state index in [1.54, 1.807) is 0 Å². The van der Waals surface area contributed by atoms with Gasteiger partial charge in [0.1, 0.15) is 5.76 Å². The van der Waals surface area contributed by atoms with Crippen molar-refractivity contribution in [1.82, 2.24) is 0 Å². The molecule has 23 heavy (non-hydrogen) atoms. The number of hydrogen-bond acceptors (Lipinski definition) is 2. The number of unbranched alkanes of at least 4 members (excludes halogenated alkanes) is 11. The minimum absolute atomic E-state index is 0.474. The summed E-state index contributed by atoms with van der Waals surface area (Å²) in [6.45, 7) is 4.40. The van der Waals surface area contributed by atoms with Crippen LogP contribution in [0.3, 0.4) is 0 Å². The molecular weight excluding hydrogens is 311 g/mol. The van der Waals surface area contributed by atoms with E-state index in [1.807, 2.05) is 6.08 Å². The van der Waals surface area contributed by atoms with Gasteiger partial charge in [-0.2, -0.15) is 0 Å². The molecule has 0 atom stereocenters. The standard InChI is InChI=1S/C18H37O4P/c1-3-5-7-9-11-13-15-17-18(22-23(19,20)21)16-14-12-10-8-6-4-2/h17H,3-16H2,1-2H3,(H2,19,20,21). The summed E-state index contributed by atoms with van der Waals surface area (Å²) in [5, 5.41) is 0. The molecule has 5 heteroatoms. The third-order valence-corrected chi connectivity index (χ3v) is 4.41. The monoisotopic (exact) mass is 348 g/mol. The van der Waals surface area contributed by atoms with Crippen LogP contribution < -0.4 is 0 Å². The van der Waals surface area contributed by atoms with Crippen molar-refractivity contribution in [2.24, 2.45) is 0 Å². The number of phosphoric acid groups is 1. The minimum Gasteiger partial charge on any atom is -0.409 e. The second-order valence-electron chi connectivity index (χ2n) is 6.33. The molecule has 0 aromatic rings. The van der Waals surface area contributed by atoms with Crippen molar-refractivity contribution in [2.75, 3.05) is 0 Å². The molecule has 0 heterocycles. The van der Waals surface area contributed by atoms with Gasteiger partial charge in [-0.1, -0.05) is 78.1 Å². The van der Waals surface area contributed by atoms with Crippen LogP contribution in [0.1, 0.15) is 104 Å². The Bertz CT molecular complexity index is 336. The number of phosphoric ester groups is 1. The zero-order valence-electron chi connectivity index (χ0n) is 15.1. The fourth-order valence-corrected chi connectivity index (χ4v) is 3.08. The summed E-state index contributed by atoms with van der Waals surface area (Å²) in [5.41, 5.74) is 0. The van der Waals surface area contributed by atoms with Crippen LogP contribution in [0, 0.1) is 0 Å². The van der Waals surface area contributed by atoms with Gasteiger partial charge in [0.15, 0.2) is 0 Å². The average molecular weight is 348 g/mol. The van der Waals surface area contributed by atoms with E-state index < -0.39 is 7.82 Å². The predicted molar refractivity (Wildman–Crippen MR) is 97.2 cm³/mol. The highest BCUT2D eigenvalue weighted by Gasteiger charge is 2.17. The molecule has 0 aromatic heterocycles. The van der Waals surface area contributed by atoms with E-state index >= 15 is 0 Å². The molecule has 0 bridgehead atoms. The van der Waals surface area contributed by atoms with E-state index in [9.17, 15) is 4.57 Å². The topological polar surface area (TPSA) is 66.8 Å². The van der Waals surface area contributed by atoms with Gasteiger partial charge in [0.2, 0.25) is 0 Å². The third-order valence-electron chi connectivity index (χ3n) is 3.94. The number of rotatable bonds is 16. The molecule has 0 aromatic carbocycles. The summed E-state index contributed by atoms with van der Waals surface area (Å²) < 4.78 is 15.9. The normalized spacial score (nSPS) is 12.6. The molecule has 2 N–H and O–H groups in total. The summed E-state index contributed by atoms with van der Waals surface area (Å²) in [6.07, 6.45) is 17.6. The van der Waals surface area contributed by atoms with Crippen molar-refractivity contribution in [2.45, 2.75) is 104 Å². The molecule has 0 saturated heterocycles. The Hall–Kier alpha value is -0.310. The highest BCUT2D eigenvalue weighted by Crippen LogP contribution is 2.40. The maximum atomic E-state index is 11.1. The van der Waals surface area contributed by atoms with Crippen LogP contribution in [0.4, 0.5) is 0 Å². The van der Waals surface area contributed by atoms with E-state index in [0.29, 0.717) is 12.2 Å². The average Bonchev–Trinajstić information content (AvgIpc) is 2.48. The highest BCUT2D eigenvalue weighted by molar-refractivity contribution is 7.46. The number of allylic oxidation sites excluding steroid dienone is 2. The lowest BCUT2D eigenvalue weighted by atomic mass is 10.1. The van der Waals surface area contributed by atoms with Crippen molar-refractivity contribution < 1.29 is 18.9 Å². The second kappa shape index (κ2) is 15.2. The van der Waals surface area contributed by atoms with Crippen LogP contribution in [0.15, 0.2) is 11.8 Å². The lowest BCUT2D eigenvalue weighted by molar-refractivity contribution is 0.234. The molecule has 0 fully saturated rings. The molecule has 0 saturated carbocycles. The summed E-state index contributed by atoms with van der Waals surface area (Å²) in [4.78, 5) is 18.0. The molecule has 0 aliphatic rings. The van der Waals surface area contributed by atoms with Crippen LogP contribution in [-0.4, -0.2) is 9.79 Å². The van der Waals surface area contributed by atoms with E-state index in [4.69, 9.17) is 14.3 Å². The largest absolute Gasteiger partial charge is 0.524 e. The lowest BCUT2D eigenvalue weighted by Crippen LogP contribution is -1.92. The lowest BCUT2D eigenvalue weighted by Gasteiger charge is -2.11. The van der Waals surface area contributed by atoms with Crippen LogP contribution >= 0.6 is 7.82 Å². The maximum absolute atomic E-state index is 11.1. The van der Waals surface area contributed by atoms with E-state index in [-0.39, 0.29) is 0 Å². The molecule has 138 valence electrons. The van der Waals surface area contributed by atoms with Crippen LogP contribution in [-0.2, 0) is 9.09 Å². The van der Waals surface area contributed by atoms with E-state index in [2.05, 4.69) is 13.8 Å². The molecule has 0 aliphatic carbocycles. The number of hydrogen-bond donors (Lipinski definition) is 2. The van der Waals surface area contributed by atoms with Gasteiger partial charge in [0.05, 0.1) is 0 Å². The molecule has 4 nitrogen and oxygen atoms in total. The van der Waals surface area contributed by atoms with Gasteiger partial charge in [-0.05, 0) is 25.3 Å². The van der Waals surface area contributed by atoms with Crippen LogP contribution in [0.2, 0.25) is 0 Å². The molecule has 0 rings (SSSR count). The van der Waals surface area contributed by atoms with Crippen molar-refractivity contribution in [1.29, 1.82) is 0 Å². The first-order valence-electron chi connectivity index (χ1n) is 9.43. The Morgan fingerprint density at radius 1 is 0.826 bits per heavy atom. The second-order valence-corrected chi connectivity index (χ2v) is 7.49. The zero-order valence-corrected chi connectivity index (χ0v) is 16.0. The Morgan fingerprint density at radius 2 is 1.30 bits per heavy atom. The Morgan fingerprint density at radius 3 is 1.83 bits per heavy atom. The Kier molecular flexibility index (Phi) is 15.0. The first-order chi connectivity index (χ1) is 11.0. The van der Waals surface area contributed by atoms with Gasteiger partial charge < -0.3 is 4.52 Å². The summed E-state index contributed by atoms with van der Waals surface area (Å²) in [6, 6.07) is 0. The first kappa shape index (κ1) is 22.7. The minimum atomic E-state index is -4.43. The smallest absolute Gasteiger partial charge is 0.409 e. The highest BCUT2D eigenvalue weighted by atomic mass is 31.2. The molecule has 0 spiro atoms. The van der Waals surface area contributed by atoms with Crippen LogP contribution in [0.25, 0.3) is 0 Å². The van der Waals surface area contributed by atoms with Crippen molar-refractivity contribution in [3.8, 4) is 0 Å². The molecule has 0 amide bonds. The maximum Gasteiger partial charge on any atom is 0.524 e. The predicted octanol–water partition coefficient (Wildman–Crippen LogP) is 6.48. The van der Waals surface area contributed by atoms with Crippen molar-refractivity contribution in [3.05, 3.63) is 11.8 Å². The SMILES string of the molecule is CCCCCCCCC=C(CCCCCCCC)OP(=O)(O)O. The quantitative estimate of drug-likeness (QED) is 0.190. The summed E-state index contributed by atoms with van der Waals surface area (Å²) in [7, 11) is -4.43. The molecule has 0 aliphatic heterocycles. The fraction of sp³-hybridized carbons (Fsp3) is 0.889. The van der Waals surface area contributed by atoms with Gasteiger partial charge in [-0.3, -0.25) is 9.79 Å². The van der Waals surface area contributed by atoms with E-state index in [0.717, 1.165) is 25.7 Å². The van der Waals surface area contributed by atoms with Crippen molar-refractivity contribution >= 4 is 7.82 Å². The third kappa shape index (κ3) is 17.9. The van der Waals surface area contributed by atoms with Gasteiger partial charge in [0.25, 0.3) is 0 Å². The summed E-state index contributed by atoms with van der Waals surface area (Å²) >= 11 is 0.